The predicted molar refractivity (Wildman–Crippen MR) is 91.9 cm³/mol. The van der Waals surface area contributed by atoms with E-state index in [1.165, 1.54) is 17.4 Å². The Morgan fingerprint density at radius 3 is 2.56 bits per heavy atom. The average Bonchev–Trinajstić information content (AvgIpc) is 2.91. The molecular weight excluding hydrogens is 375 g/mol. The molecule has 0 atom stereocenters. The van der Waals surface area contributed by atoms with Gasteiger partial charge in [-0.15, -0.1) is 11.3 Å². The molecule has 136 valence electrons. The minimum absolute atomic E-state index is 0.0963. The summed E-state index contributed by atoms with van der Waals surface area (Å²) in [5.74, 6) is -0.956. The highest BCUT2D eigenvalue weighted by molar-refractivity contribution is 7.10. The van der Waals surface area contributed by atoms with Crippen molar-refractivity contribution in [2.75, 3.05) is 6.54 Å². The number of nitrogens with zero attached hydrogens (tertiary/aromatic N) is 1. The lowest BCUT2D eigenvalue weighted by Gasteiger charge is -2.22. The minimum atomic E-state index is -4.45. The van der Waals surface area contributed by atoms with Crippen molar-refractivity contribution in [2.45, 2.75) is 32.6 Å². The van der Waals surface area contributed by atoms with Crippen molar-refractivity contribution >= 4 is 28.9 Å². The molecule has 0 fully saturated rings. The van der Waals surface area contributed by atoms with Crippen LogP contribution in [-0.2, 0) is 24.1 Å². The maximum Gasteiger partial charge on any atom is 0.416 e. The Balaban J connectivity index is 2.21. The Kier molecular flexibility index (Phi) is 6.48. The number of thiophene rings is 1. The quantitative estimate of drug-likeness (QED) is 0.704. The highest BCUT2D eigenvalue weighted by atomic mass is 35.5. The highest BCUT2D eigenvalue weighted by Crippen LogP contribution is 2.32. The second-order valence-corrected chi connectivity index (χ2v) is 7.15. The van der Waals surface area contributed by atoms with Gasteiger partial charge in [-0.25, -0.2) is 0 Å². The summed E-state index contributed by atoms with van der Waals surface area (Å²) in [6.07, 6.45) is -4.54. The maximum absolute atomic E-state index is 12.9. The highest BCUT2D eigenvalue weighted by Gasteiger charge is 2.31. The van der Waals surface area contributed by atoms with Gasteiger partial charge in [-0.2, -0.15) is 13.2 Å². The Labute approximate surface area is 152 Å². The van der Waals surface area contributed by atoms with Gasteiger partial charge in [-0.3, -0.25) is 9.69 Å². The molecular formula is C17H17ClF3NO2S. The van der Waals surface area contributed by atoms with Crippen LogP contribution in [0, 0.1) is 6.92 Å². The zero-order valence-corrected chi connectivity index (χ0v) is 15.0. The van der Waals surface area contributed by atoms with E-state index in [4.69, 9.17) is 16.7 Å². The zero-order valence-electron chi connectivity index (χ0n) is 13.4. The topological polar surface area (TPSA) is 40.5 Å². The lowest BCUT2D eigenvalue weighted by Crippen LogP contribution is -2.25. The molecule has 0 spiro atoms. The van der Waals surface area contributed by atoms with Crippen molar-refractivity contribution in [1.29, 1.82) is 0 Å². The van der Waals surface area contributed by atoms with Gasteiger partial charge < -0.3 is 5.11 Å². The molecule has 0 bridgehead atoms. The first-order valence-electron chi connectivity index (χ1n) is 7.49. The smallest absolute Gasteiger partial charge is 0.416 e. The number of hydrogen-bond acceptors (Lipinski definition) is 3. The molecule has 0 aliphatic heterocycles. The van der Waals surface area contributed by atoms with E-state index in [2.05, 4.69) is 0 Å². The monoisotopic (exact) mass is 391 g/mol. The van der Waals surface area contributed by atoms with Crippen LogP contribution in [0.4, 0.5) is 13.2 Å². The number of aryl methyl sites for hydroxylation is 1. The van der Waals surface area contributed by atoms with E-state index >= 15 is 0 Å². The zero-order chi connectivity index (χ0) is 18.6. The van der Waals surface area contributed by atoms with Crippen LogP contribution in [0.3, 0.4) is 0 Å². The van der Waals surface area contributed by atoms with Gasteiger partial charge in [0.2, 0.25) is 0 Å². The fraction of sp³-hybridized carbons (Fsp3) is 0.353. The van der Waals surface area contributed by atoms with E-state index in [9.17, 15) is 18.0 Å². The number of benzene rings is 1. The SMILES string of the molecule is Cc1csc(CN(CCC(=O)O)Cc2cc(C(F)(F)F)ccc2Cl)c1. The number of halogens is 4. The maximum atomic E-state index is 12.9. The fourth-order valence-corrected chi connectivity index (χ4v) is 3.47. The summed E-state index contributed by atoms with van der Waals surface area (Å²) < 4.78 is 38.7. The van der Waals surface area contributed by atoms with Crippen molar-refractivity contribution in [3.63, 3.8) is 0 Å². The molecule has 2 aromatic rings. The van der Waals surface area contributed by atoms with Gasteiger partial charge in [-0.1, -0.05) is 11.6 Å². The molecule has 2 rings (SSSR count). The number of rotatable bonds is 7. The second kappa shape index (κ2) is 8.21. The molecule has 0 aliphatic carbocycles. The number of carboxylic acids is 1. The molecule has 1 N–H and O–H groups in total. The van der Waals surface area contributed by atoms with Crippen LogP contribution in [0.5, 0.6) is 0 Å². The standard InChI is InChI=1S/C17H17ClF3NO2S/c1-11-6-14(25-10-11)9-22(5-4-16(23)24)8-12-7-13(17(19,20)21)2-3-15(12)18/h2-3,6-7,10H,4-5,8-9H2,1H3,(H,23,24). The second-order valence-electron chi connectivity index (χ2n) is 5.75. The minimum Gasteiger partial charge on any atom is -0.481 e. The number of alkyl halides is 3. The molecule has 0 radical (unpaired) electrons. The largest absolute Gasteiger partial charge is 0.481 e. The number of hydrogen-bond donors (Lipinski definition) is 1. The Morgan fingerprint density at radius 1 is 1.28 bits per heavy atom. The summed E-state index contributed by atoms with van der Waals surface area (Å²) in [6, 6.07) is 5.17. The van der Waals surface area contributed by atoms with E-state index in [1.807, 2.05) is 18.4 Å². The van der Waals surface area contributed by atoms with Crippen LogP contribution in [-0.4, -0.2) is 22.5 Å². The first kappa shape index (κ1) is 19.8. The third kappa shape index (κ3) is 6.02. The molecule has 25 heavy (non-hydrogen) atoms. The lowest BCUT2D eigenvalue weighted by atomic mass is 10.1. The Hall–Kier alpha value is -1.57. The number of carboxylic acid groups (broad SMARTS) is 1. The van der Waals surface area contributed by atoms with Crippen molar-refractivity contribution in [3.8, 4) is 0 Å². The van der Waals surface area contributed by atoms with Crippen LogP contribution in [0.25, 0.3) is 0 Å². The van der Waals surface area contributed by atoms with E-state index in [1.54, 1.807) is 4.90 Å². The van der Waals surface area contributed by atoms with Crippen molar-refractivity contribution in [1.82, 2.24) is 4.90 Å². The predicted octanol–water partition coefficient (Wildman–Crippen LogP) is 5.21. The van der Waals surface area contributed by atoms with E-state index in [0.29, 0.717) is 12.1 Å². The van der Waals surface area contributed by atoms with E-state index in [-0.39, 0.29) is 24.5 Å². The van der Waals surface area contributed by atoms with Gasteiger partial charge in [0.1, 0.15) is 0 Å². The molecule has 1 heterocycles. The van der Waals surface area contributed by atoms with Crippen LogP contribution in [0.2, 0.25) is 5.02 Å². The van der Waals surface area contributed by atoms with E-state index in [0.717, 1.165) is 22.6 Å². The Bertz CT molecular complexity index is 746. The summed E-state index contributed by atoms with van der Waals surface area (Å²) in [5, 5.41) is 11.1. The third-order valence-corrected chi connectivity index (χ3v) is 4.98. The van der Waals surface area contributed by atoms with Crippen LogP contribution < -0.4 is 0 Å². The summed E-state index contributed by atoms with van der Waals surface area (Å²) in [6.45, 7) is 2.77. The Morgan fingerprint density at radius 2 is 2.00 bits per heavy atom. The first-order chi connectivity index (χ1) is 11.6. The number of aliphatic carboxylic acids is 1. The van der Waals surface area contributed by atoms with Crippen LogP contribution in [0.15, 0.2) is 29.6 Å². The third-order valence-electron chi connectivity index (χ3n) is 3.57. The molecule has 0 aliphatic rings. The normalized spacial score (nSPS) is 11.9. The summed E-state index contributed by atoms with van der Waals surface area (Å²) in [5.41, 5.74) is 0.655. The lowest BCUT2D eigenvalue weighted by molar-refractivity contribution is -0.138. The van der Waals surface area contributed by atoms with Crippen molar-refractivity contribution < 1.29 is 23.1 Å². The van der Waals surface area contributed by atoms with Gasteiger partial charge in [0.05, 0.1) is 12.0 Å². The molecule has 0 saturated heterocycles. The number of carbonyl (C=O) groups is 1. The van der Waals surface area contributed by atoms with Gasteiger partial charge in [0.15, 0.2) is 0 Å². The molecule has 0 amide bonds. The van der Waals surface area contributed by atoms with Gasteiger partial charge in [0.25, 0.3) is 0 Å². The first-order valence-corrected chi connectivity index (χ1v) is 8.74. The molecule has 3 nitrogen and oxygen atoms in total. The molecule has 1 aromatic heterocycles. The summed E-state index contributed by atoms with van der Waals surface area (Å²) >= 11 is 7.58. The average molecular weight is 392 g/mol. The van der Waals surface area contributed by atoms with E-state index < -0.39 is 17.7 Å². The van der Waals surface area contributed by atoms with Gasteiger partial charge >= 0.3 is 12.1 Å². The summed E-state index contributed by atoms with van der Waals surface area (Å²) in [7, 11) is 0. The fourth-order valence-electron chi connectivity index (χ4n) is 2.37. The van der Waals surface area contributed by atoms with Gasteiger partial charge in [-0.05, 0) is 47.7 Å². The van der Waals surface area contributed by atoms with Gasteiger partial charge in [0, 0.05) is 29.5 Å². The van der Waals surface area contributed by atoms with Crippen LogP contribution in [0.1, 0.15) is 28.0 Å². The van der Waals surface area contributed by atoms with Crippen LogP contribution >= 0.6 is 22.9 Å². The molecule has 1 aromatic carbocycles. The summed E-state index contributed by atoms with van der Waals surface area (Å²) in [4.78, 5) is 13.7. The molecule has 8 heteroatoms. The van der Waals surface area contributed by atoms with Crippen molar-refractivity contribution in [3.05, 3.63) is 56.2 Å². The molecule has 0 unspecified atom stereocenters. The molecule has 0 saturated carbocycles. The van der Waals surface area contributed by atoms with Crippen molar-refractivity contribution in [2.24, 2.45) is 0 Å².